The summed E-state index contributed by atoms with van der Waals surface area (Å²) in [5.41, 5.74) is -0.631. The lowest BCUT2D eigenvalue weighted by molar-refractivity contribution is -0.134. The Morgan fingerprint density at radius 3 is 2.21 bits per heavy atom. The zero-order chi connectivity index (χ0) is 18.7. The summed E-state index contributed by atoms with van der Waals surface area (Å²) in [5.74, 6) is -2.89. The van der Waals surface area contributed by atoms with E-state index in [-0.39, 0.29) is 24.8 Å². The number of ketones is 2. The minimum absolute atomic E-state index is 0.0423. The van der Waals surface area contributed by atoms with E-state index in [2.05, 4.69) is 0 Å². The Morgan fingerprint density at radius 1 is 1.21 bits per heavy atom. The van der Waals surface area contributed by atoms with Crippen molar-refractivity contribution in [1.82, 2.24) is 0 Å². The topological polar surface area (TPSA) is 94.8 Å². The summed E-state index contributed by atoms with van der Waals surface area (Å²) in [5, 5.41) is 31.9. The van der Waals surface area contributed by atoms with E-state index >= 15 is 0 Å². The molecule has 0 aromatic rings. The minimum atomic E-state index is -2.14. The number of aliphatic hydroxyl groups excluding tert-OH is 2. The maximum Gasteiger partial charge on any atom is 0.176 e. The third kappa shape index (κ3) is 3.84. The fraction of sp³-hybridized carbons (Fsp3) is 0.579. The van der Waals surface area contributed by atoms with Gasteiger partial charge in [0.1, 0.15) is 11.3 Å². The van der Waals surface area contributed by atoms with Crippen molar-refractivity contribution in [1.29, 1.82) is 0 Å². The van der Waals surface area contributed by atoms with E-state index in [4.69, 9.17) is 0 Å². The molecular formula is C19H28O5. The second-order valence-electron chi connectivity index (χ2n) is 6.79. The predicted octanol–water partition coefficient (Wildman–Crippen LogP) is 2.78. The molecule has 24 heavy (non-hydrogen) atoms. The molecule has 1 aliphatic rings. The SMILES string of the molecule is CCC(=O)C1=C(O)C(O)([C@@H](O)CC=C(C)C)C(CC=C(C)C)C1=O. The minimum Gasteiger partial charge on any atom is -0.508 e. The van der Waals surface area contributed by atoms with Crippen LogP contribution in [0.1, 0.15) is 53.9 Å². The van der Waals surface area contributed by atoms with E-state index in [9.17, 15) is 24.9 Å². The lowest BCUT2D eigenvalue weighted by Crippen LogP contribution is -2.49. The van der Waals surface area contributed by atoms with Crippen LogP contribution in [0.2, 0.25) is 0 Å². The van der Waals surface area contributed by atoms with Crippen LogP contribution in [0.15, 0.2) is 34.6 Å². The quantitative estimate of drug-likeness (QED) is 0.491. The van der Waals surface area contributed by atoms with E-state index in [1.807, 2.05) is 27.7 Å². The van der Waals surface area contributed by atoms with Gasteiger partial charge in [-0.15, -0.1) is 0 Å². The second-order valence-corrected chi connectivity index (χ2v) is 6.79. The van der Waals surface area contributed by atoms with Crippen molar-refractivity contribution >= 4 is 11.6 Å². The Bertz CT molecular complexity index is 603. The summed E-state index contributed by atoms with van der Waals surface area (Å²) in [6.45, 7) is 8.98. The van der Waals surface area contributed by atoms with Crippen molar-refractivity contribution < 1.29 is 24.9 Å². The molecule has 5 nitrogen and oxygen atoms in total. The first-order valence-corrected chi connectivity index (χ1v) is 8.25. The van der Waals surface area contributed by atoms with Crippen LogP contribution >= 0.6 is 0 Å². The molecule has 0 aromatic carbocycles. The molecule has 134 valence electrons. The molecular weight excluding hydrogens is 308 g/mol. The lowest BCUT2D eigenvalue weighted by Gasteiger charge is -2.33. The van der Waals surface area contributed by atoms with Gasteiger partial charge in [-0.05, 0) is 40.5 Å². The average Bonchev–Trinajstić information content (AvgIpc) is 2.70. The number of hydrogen-bond donors (Lipinski definition) is 3. The first-order chi connectivity index (χ1) is 11.1. The summed E-state index contributed by atoms with van der Waals surface area (Å²) < 4.78 is 0. The van der Waals surface area contributed by atoms with Gasteiger partial charge in [0.05, 0.1) is 12.0 Å². The van der Waals surface area contributed by atoms with Gasteiger partial charge in [-0.3, -0.25) is 9.59 Å². The van der Waals surface area contributed by atoms with Crippen LogP contribution in [0.25, 0.3) is 0 Å². The second kappa shape index (κ2) is 7.90. The van der Waals surface area contributed by atoms with E-state index < -0.39 is 34.9 Å². The molecule has 0 fully saturated rings. The molecule has 3 N–H and O–H groups in total. The lowest BCUT2D eigenvalue weighted by atomic mass is 9.80. The number of carbonyl (C=O) groups excluding carboxylic acids is 2. The third-order valence-electron chi connectivity index (χ3n) is 4.33. The van der Waals surface area contributed by atoms with Crippen molar-refractivity contribution in [3.8, 4) is 0 Å². The summed E-state index contributed by atoms with van der Waals surface area (Å²) >= 11 is 0. The van der Waals surface area contributed by atoms with E-state index in [1.165, 1.54) is 0 Å². The molecule has 0 saturated carbocycles. The van der Waals surface area contributed by atoms with Crippen molar-refractivity contribution in [3.63, 3.8) is 0 Å². The Kier molecular flexibility index (Phi) is 6.69. The van der Waals surface area contributed by atoms with Gasteiger partial charge >= 0.3 is 0 Å². The molecule has 0 heterocycles. The molecule has 0 aliphatic heterocycles. The van der Waals surface area contributed by atoms with Crippen molar-refractivity contribution in [2.75, 3.05) is 0 Å². The first-order valence-electron chi connectivity index (χ1n) is 8.25. The zero-order valence-electron chi connectivity index (χ0n) is 15.1. The number of allylic oxidation sites excluding steroid dienone is 4. The van der Waals surface area contributed by atoms with Crippen molar-refractivity contribution in [2.45, 2.75) is 65.6 Å². The molecule has 0 amide bonds. The third-order valence-corrected chi connectivity index (χ3v) is 4.33. The standard InChI is InChI=1S/C19H28O5/c1-6-14(20)16-17(22)13(9-7-11(2)3)19(24,18(16)23)15(21)10-8-12(4)5/h7-8,13,15,21,23-24H,6,9-10H2,1-5H3/t13?,15-,19?/m0/s1. The van der Waals surface area contributed by atoms with Crippen LogP contribution in [0, 0.1) is 5.92 Å². The summed E-state index contributed by atoms with van der Waals surface area (Å²) in [6, 6.07) is 0. The first kappa shape index (κ1) is 20.3. The monoisotopic (exact) mass is 336 g/mol. The Hall–Kier alpha value is -1.72. The van der Waals surface area contributed by atoms with Crippen LogP contribution in [0.5, 0.6) is 0 Å². The molecule has 0 bridgehead atoms. The maximum absolute atomic E-state index is 12.6. The van der Waals surface area contributed by atoms with Gasteiger partial charge < -0.3 is 15.3 Å². The molecule has 1 aliphatic carbocycles. The fourth-order valence-corrected chi connectivity index (χ4v) is 2.86. The summed E-state index contributed by atoms with van der Waals surface area (Å²) in [6.07, 6.45) is 2.37. The molecule has 0 saturated heterocycles. The number of Topliss-reactive ketones (excluding diaryl/α,β-unsaturated/α-hetero) is 2. The van der Waals surface area contributed by atoms with Gasteiger partial charge in [0.25, 0.3) is 0 Å². The van der Waals surface area contributed by atoms with Crippen LogP contribution in [0.3, 0.4) is 0 Å². The highest BCUT2D eigenvalue weighted by Crippen LogP contribution is 2.43. The fourth-order valence-electron chi connectivity index (χ4n) is 2.86. The largest absolute Gasteiger partial charge is 0.508 e. The average molecular weight is 336 g/mol. The van der Waals surface area contributed by atoms with E-state index in [0.29, 0.717) is 0 Å². The maximum atomic E-state index is 12.6. The normalized spacial score (nSPS) is 24.8. The van der Waals surface area contributed by atoms with Gasteiger partial charge in [-0.1, -0.05) is 30.2 Å². The highest BCUT2D eigenvalue weighted by atomic mass is 16.4. The molecule has 0 radical (unpaired) electrons. The van der Waals surface area contributed by atoms with Crippen LogP contribution in [0.4, 0.5) is 0 Å². The Morgan fingerprint density at radius 2 is 1.75 bits per heavy atom. The smallest absolute Gasteiger partial charge is 0.176 e. The van der Waals surface area contributed by atoms with Crippen LogP contribution in [-0.4, -0.2) is 38.6 Å². The van der Waals surface area contributed by atoms with E-state index in [0.717, 1.165) is 11.1 Å². The van der Waals surface area contributed by atoms with Crippen molar-refractivity contribution in [3.05, 3.63) is 34.6 Å². The molecule has 0 spiro atoms. The van der Waals surface area contributed by atoms with Gasteiger partial charge in [-0.25, -0.2) is 0 Å². The number of rotatable bonds is 7. The molecule has 1 rings (SSSR count). The highest BCUT2D eigenvalue weighted by Gasteiger charge is 2.57. The van der Waals surface area contributed by atoms with Gasteiger partial charge in [0, 0.05) is 6.42 Å². The summed E-state index contributed by atoms with van der Waals surface area (Å²) in [4.78, 5) is 24.7. The Labute approximate surface area is 143 Å². The predicted molar refractivity (Wildman–Crippen MR) is 92.5 cm³/mol. The molecule has 2 unspecified atom stereocenters. The number of carbonyl (C=O) groups is 2. The zero-order valence-corrected chi connectivity index (χ0v) is 15.1. The number of hydrogen-bond acceptors (Lipinski definition) is 5. The van der Waals surface area contributed by atoms with Gasteiger partial charge in [0.2, 0.25) is 0 Å². The van der Waals surface area contributed by atoms with Gasteiger partial charge in [-0.2, -0.15) is 0 Å². The molecule has 3 atom stereocenters. The Balaban J connectivity index is 3.37. The molecule has 0 aromatic heterocycles. The van der Waals surface area contributed by atoms with Crippen LogP contribution in [-0.2, 0) is 9.59 Å². The van der Waals surface area contributed by atoms with Crippen molar-refractivity contribution in [2.24, 2.45) is 5.92 Å². The van der Waals surface area contributed by atoms with E-state index in [1.54, 1.807) is 19.1 Å². The number of aliphatic hydroxyl groups is 3. The van der Waals surface area contributed by atoms with Crippen LogP contribution < -0.4 is 0 Å². The van der Waals surface area contributed by atoms with Gasteiger partial charge in [0.15, 0.2) is 17.2 Å². The highest BCUT2D eigenvalue weighted by molar-refractivity contribution is 6.23. The molecule has 5 heteroatoms. The summed E-state index contributed by atoms with van der Waals surface area (Å²) in [7, 11) is 0.